The molecule has 170 valence electrons. The molecular formula is C27H23N3O3S. The number of hydrogen-bond acceptors (Lipinski definition) is 5. The number of rotatable bonds is 7. The summed E-state index contributed by atoms with van der Waals surface area (Å²) in [5.74, 6) is 0.725. The molecule has 0 radical (unpaired) electrons. The zero-order valence-corrected chi connectivity index (χ0v) is 19.6. The lowest BCUT2D eigenvalue weighted by Crippen LogP contribution is -2.05. The summed E-state index contributed by atoms with van der Waals surface area (Å²) in [6.45, 7) is 3.91. The van der Waals surface area contributed by atoms with Gasteiger partial charge in [-0.25, -0.2) is 13.1 Å². The molecule has 3 aromatic carbocycles. The number of benzene rings is 3. The largest absolute Gasteiger partial charge is 0.491 e. The van der Waals surface area contributed by atoms with Gasteiger partial charge in [-0.2, -0.15) is 10.4 Å². The summed E-state index contributed by atoms with van der Waals surface area (Å²) in [4.78, 5) is -0.290. The first-order chi connectivity index (χ1) is 16.4. The number of nitrogens with zero attached hydrogens (tertiary/aromatic N) is 3. The van der Waals surface area contributed by atoms with Crippen LogP contribution in [0.5, 0.6) is 5.75 Å². The lowest BCUT2D eigenvalue weighted by molar-refractivity contribution is 0.242. The summed E-state index contributed by atoms with van der Waals surface area (Å²) in [5.41, 5.74) is 2.65. The van der Waals surface area contributed by atoms with E-state index in [2.05, 4.69) is 0 Å². The number of ether oxygens (including phenoxy) is 1. The van der Waals surface area contributed by atoms with E-state index >= 15 is 0 Å². The third-order valence-electron chi connectivity index (χ3n) is 5.00. The van der Waals surface area contributed by atoms with Crippen molar-refractivity contribution in [2.75, 3.05) is 0 Å². The summed E-state index contributed by atoms with van der Waals surface area (Å²) < 4.78 is 33.6. The lowest BCUT2D eigenvalue weighted by atomic mass is 10.1. The highest BCUT2D eigenvalue weighted by molar-refractivity contribution is 7.95. The van der Waals surface area contributed by atoms with Crippen LogP contribution in [-0.4, -0.2) is 24.3 Å². The number of aromatic nitrogens is 2. The van der Waals surface area contributed by atoms with E-state index in [-0.39, 0.29) is 15.9 Å². The van der Waals surface area contributed by atoms with E-state index in [1.807, 2.05) is 74.5 Å². The van der Waals surface area contributed by atoms with Gasteiger partial charge in [-0.15, -0.1) is 0 Å². The molecule has 0 aliphatic rings. The quantitative estimate of drug-likeness (QED) is 0.326. The molecule has 0 saturated heterocycles. The molecule has 4 aromatic rings. The molecule has 6 nitrogen and oxygen atoms in total. The van der Waals surface area contributed by atoms with Crippen LogP contribution >= 0.6 is 0 Å². The van der Waals surface area contributed by atoms with E-state index in [0.717, 1.165) is 17.0 Å². The first kappa shape index (κ1) is 23.0. The summed E-state index contributed by atoms with van der Waals surface area (Å²) in [5, 5.41) is 14.5. The van der Waals surface area contributed by atoms with E-state index in [0.29, 0.717) is 11.3 Å². The van der Waals surface area contributed by atoms with Crippen molar-refractivity contribution < 1.29 is 13.2 Å². The number of allylic oxidation sites excluding steroid dienone is 1. The highest BCUT2D eigenvalue weighted by atomic mass is 32.2. The van der Waals surface area contributed by atoms with Gasteiger partial charge in [0, 0.05) is 17.3 Å². The van der Waals surface area contributed by atoms with Gasteiger partial charge in [-0.05, 0) is 68.5 Å². The first-order valence-electron chi connectivity index (χ1n) is 10.7. The summed E-state index contributed by atoms with van der Waals surface area (Å²) in [7, 11) is -3.98. The minimum atomic E-state index is -3.98. The van der Waals surface area contributed by atoms with E-state index in [1.54, 1.807) is 29.1 Å². The Morgan fingerprint density at radius 1 is 0.971 bits per heavy atom. The molecule has 0 N–H and O–H groups in total. The summed E-state index contributed by atoms with van der Waals surface area (Å²) in [6, 6.07) is 26.7. The average Bonchev–Trinajstić information content (AvgIpc) is 3.27. The molecule has 0 saturated carbocycles. The predicted molar refractivity (Wildman–Crippen MR) is 132 cm³/mol. The van der Waals surface area contributed by atoms with Gasteiger partial charge in [-0.1, -0.05) is 36.4 Å². The maximum Gasteiger partial charge on any atom is 0.216 e. The molecule has 4 rings (SSSR count). The lowest BCUT2D eigenvalue weighted by Gasteiger charge is -2.10. The minimum absolute atomic E-state index is 0.0445. The van der Waals surface area contributed by atoms with Crippen LogP contribution in [0.3, 0.4) is 0 Å². The van der Waals surface area contributed by atoms with Gasteiger partial charge in [0.2, 0.25) is 9.84 Å². The highest BCUT2D eigenvalue weighted by Crippen LogP contribution is 2.29. The molecule has 1 heterocycles. The molecule has 0 fully saturated rings. The second-order valence-electron chi connectivity index (χ2n) is 7.84. The second kappa shape index (κ2) is 9.77. The molecule has 0 amide bonds. The maximum atomic E-state index is 13.1. The smallest absolute Gasteiger partial charge is 0.216 e. The van der Waals surface area contributed by atoms with Crippen molar-refractivity contribution in [3.05, 3.63) is 102 Å². The molecule has 0 bridgehead atoms. The topological polar surface area (TPSA) is 85.0 Å². The van der Waals surface area contributed by atoms with Crippen LogP contribution in [0.25, 0.3) is 23.0 Å². The Bertz CT molecular complexity index is 1450. The molecule has 34 heavy (non-hydrogen) atoms. The Morgan fingerprint density at radius 3 is 2.18 bits per heavy atom. The van der Waals surface area contributed by atoms with Gasteiger partial charge in [0.25, 0.3) is 0 Å². The third-order valence-corrected chi connectivity index (χ3v) is 6.68. The van der Waals surface area contributed by atoms with Crippen molar-refractivity contribution in [2.45, 2.75) is 24.8 Å². The number of hydrogen-bond donors (Lipinski definition) is 0. The van der Waals surface area contributed by atoms with E-state index < -0.39 is 9.84 Å². The molecular weight excluding hydrogens is 446 g/mol. The van der Waals surface area contributed by atoms with Crippen molar-refractivity contribution in [1.29, 1.82) is 5.26 Å². The Balaban J connectivity index is 1.84. The van der Waals surface area contributed by atoms with Gasteiger partial charge in [-0.3, -0.25) is 0 Å². The van der Waals surface area contributed by atoms with Gasteiger partial charge in [0.05, 0.1) is 16.7 Å². The second-order valence-corrected chi connectivity index (χ2v) is 9.76. The van der Waals surface area contributed by atoms with E-state index in [4.69, 9.17) is 9.84 Å². The number of nitriles is 1. The molecule has 1 aromatic heterocycles. The third kappa shape index (κ3) is 4.92. The SMILES string of the molecule is CC(C)Oc1ccc(-c2nn(-c3ccccc3)cc2C=C(C#N)S(=O)(=O)c2ccccc2)cc1. The Morgan fingerprint density at radius 2 is 1.59 bits per heavy atom. The predicted octanol–water partition coefficient (Wildman–Crippen LogP) is 5.66. The van der Waals surface area contributed by atoms with Crippen LogP contribution in [0.4, 0.5) is 0 Å². The first-order valence-corrected chi connectivity index (χ1v) is 12.2. The number of para-hydroxylation sites is 1. The van der Waals surface area contributed by atoms with Crippen molar-refractivity contribution in [1.82, 2.24) is 9.78 Å². The van der Waals surface area contributed by atoms with Crippen LogP contribution < -0.4 is 4.74 Å². The van der Waals surface area contributed by atoms with Crippen LogP contribution in [-0.2, 0) is 9.84 Å². The Labute approximate surface area is 199 Å². The van der Waals surface area contributed by atoms with Gasteiger partial charge < -0.3 is 4.74 Å². The Hall–Kier alpha value is -4.15. The van der Waals surface area contributed by atoms with Crippen molar-refractivity contribution in [2.24, 2.45) is 0 Å². The Kier molecular flexibility index (Phi) is 6.62. The monoisotopic (exact) mass is 469 g/mol. The molecule has 0 atom stereocenters. The highest BCUT2D eigenvalue weighted by Gasteiger charge is 2.22. The zero-order valence-electron chi connectivity index (χ0n) is 18.8. The maximum absolute atomic E-state index is 13.1. The van der Waals surface area contributed by atoms with Crippen molar-refractivity contribution in [3.8, 4) is 28.8 Å². The van der Waals surface area contributed by atoms with E-state index in [9.17, 15) is 13.7 Å². The van der Waals surface area contributed by atoms with Crippen molar-refractivity contribution >= 4 is 15.9 Å². The fourth-order valence-electron chi connectivity index (χ4n) is 3.43. The standard InChI is InChI=1S/C27H23N3O3S/c1-20(2)33-24-15-13-21(14-16-24)27-22(19-30(29-27)23-9-5-3-6-10-23)17-26(18-28)34(31,32)25-11-7-4-8-12-25/h3-17,19-20H,1-2H3. The number of sulfone groups is 1. The molecule has 0 aliphatic heterocycles. The van der Waals surface area contributed by atoms with E-state index in [1.165, 1.54) is 18.2 Å². The minimum Gasteiger partial charge on any atom is -0.491 e. The van der Waals surface area contributed by atoms with Crippen LogP contribution in [0.1, 0.15) is 19.4 Å². The summed E-state index contributed by atoms with van der Waals surface area (Å²) in [6.07, 6.45) is 3.15. The fraction of sp³-hybridized carbons (Fsp3) is 0.111. The zero-order chi connectivity index (χ0) is 24.1. The van der Waals surface area contributed by atoms with Crippen LogP contribution in [0.15, 0.2) is 101 Å². The van der Waals surface area contributed by atoms with Gasteiger partial charge in [0.15, 0.2) is 0 Å². The van der Waals surface area contributed by atoms with Gasteiger partial charge >= 0.3 is 0 Å². The molecule has 0 spiro atoms. The fourth-order valence-corrected chi connectivity index (χ4v) is 4.60. The molecule has 7 heteroatoms. The van der Waals surface area contributed by atoms with Crippen molar-refractivity contribution in [3.63, 3.8) is 0 Å². The molecule has 0 unspecified atom stereocenters. The van der Waals surface area contributed by atoms with Gasteiger partial charge in [0.1, 0.15) is 22.4 Å². The normalized spacial score (nSPS) is 11.9. The molecule has 0 aliphatic carbocycles. The average molecular weight is 470 g/mol. The van der Waals surface area contributed by atoms with Crippen LogP contribution in [0, 0.1) is 11.3 Å². The van der Waals surface area contributed by atoms with Crippen LogP contribution in [0.2, 0.25) is 0 Å². The summed E-state index contributed by atoms with van der Waals surface area (Å²) >= 11 is 0.